The van der Waals surface area contributed by atoms with Gasteiger partial charge in [0.25, 0.3) is 5.91 Å². The maximum atomic E-state index is 16.0. The number of unbranched alkanes of at least 4 members (excludes halogenated alkanes) is 2. The molecule has 6 aromatic rings. The lowest BCUT2D eigenvalue weighted by atomic mass is 9.73. The van der Waals surface area contributed by atoms with E-state index in [1.165, 1.54) is 36.3 Å². The van der Waals surface area contributed by atoms with E-state index < -0.39 is 40.7 Å². The molecule has 6 amide bonds. The van der Waals surface area contributed by atoms with Crippen LogP contribution >= 0.6 is 11.3 Å². The molecule has 4 fully saturated rings. The van der Waals surface area contributed by atoms with Crippen LogP contribution in [0.25, 0.3) is 32.7 Å². The first-order valence-corrected chi connectivity index (χ1v) is 34.1. The van der Waals surface area contributed by atoms with Crippen molar-refractivity contribution in [3.05, 3.63) is 106 Å². The number of hydrogen-bond donors (Lipinski definition) is 5. The number of amides is 6. The Bertz CT molecular complexity index is 3740. The Morgan fingerprint density at radius 1 is 0.804 bits per heavy atom. The molecule has 92 heavy (non-hydrogen) atoms. The number of aliphatic hydroxyl groups is 1. The van der Waals surface area contributed by atoms with Gasteiger partial charge in [0.1, 0.15) is 23.4 Å². The maximum Gasteiger partial charge on any atom is 0.251 e. The van der Waals surface area contributed by atoms with Gasteiger partial charge in [-0.05, 0) is 165 Å². The predicted octanol–water partition coefficient (Wildman–Crippen LogP) is 11.0. The number of aliphatic hydroxyl groups excluding tert-OH is 1. The molecule has 19 nitrogen and oxygen atoms in total. The van der Waals surface area contributed by atoms with Crippen LogP contribution in [0.3, 0.4) is 0 Å². The van der Waals surface area contributed by atoms with Crippen molar-refractivity contribution in [3.8, 4) is 21.7 Å². The van der Waals surface area contributed by atoms with Gasteiger partial charge in [-0.25, -0.2) is 19.3 Å². The minimum Gasteiger partial charge on any atom is -0.391 e. The number of pyridine rings is 1. The molecule has 0 bridgehead atoms. The van der Waals surface area contributed by atoms with E-state index in [9.17, 15) is 29.1 Å². The average molecular weight is 1280 g/mol. The first-order chi connectivity index (χ1) is 43.9. The van der Waals surface area contributed by atoms with E-state index in [0.29, 0.717) is 91.3 Å². The Morgan fingerprint density at radius 2 is 1.51 bits per heavy atom. The number of rotatable bonds is 20. The van der Waals surface area contributed by atoms with Gasteiger partial charge in [-0.15, -0.1) is 11.3 Å². The van der Waals surface area contributed by atoms with Crippen LogP contribution in [0.1, 0.15) is 184 Å². The summed E-state index contributed by atoms with van der Waals surface area (Å²) in [6, 6.07) is 17.0. The molecule has 0 unspecified atom stereocenters. The molecule has 0 radical (unpaired) electrons. The Hall–Kier alpha value is -7.62. The van der Waals surface area contributed by atoms with Gasteiger partial charge in [-0.2, -0.15) is 0 Å². The Kier molecular flexibility index (Phi) is 19.4. The maximum absolute atomic E-state index is 16.0. The number of anilines is 3. The van der Waals surface area contributed by atoms with E-state index in [2.05, 4.69) is 48.2 Å². The van der Waals surface area contributed by atoms with E-state index >= 15 is 9.18 Å². The molecular formula is C71H91FN12O7S. The number of halogens is 1. The van der Waals surface area contributed by atoms with E-state index in [-0.39, 0.29) is 78.8 Å². The molecule has 21 heteroatoms. The highest BCUT2D eigenvalue weighted by Gasteiger charge is 2.56. The van der Waals surface area contributed by atoms with Gasteiger partial charge in [-0.3, -0.25) is 28.8 Å². The van der Waals surface area contributed by atoms with Crippen molar-refractivity contribution in [2.75, 3.05) is 42.9 Å². The number of imidazole rings is 1. The van der Waals surface area contributed by atoms with Gasteiger partial charge in [-0.1, -0.05) is 70.0 Å². The largest absolute Gasteiger partial charge is 0.391 e. The summed E-state index contributed by atoms with van der Waals surface area (Å²) in [5, 5.41) is 23.0. The van der Waals surface area contributed by atoms with Crippen LogP contribution in [-0.2, 0) is 29.4 Å². The smallest absolute Gasteiger partial charge is 0.251 e. The molecule has 1 spiro atoms. The van der Waals surface area contributed by atoms with Crippen molar-refractivity contribution < 1.29 is 38.3 Å². The van der Waals surface area contributed by atoms with Crippen molar-refractivity contribution in [1.82, 2.24) is 50.2 Å². The van der Waals surface area contributed by atoms with Crippen molar-refractivity contribution in [3.63, 3.8) is 0 Å². The van der Waals surface area contributed by atoms with Crippen LogP contribution in [0.5, 0.6) is 0 Å². The van der Waals surface area contributed by atoms with E-state index in [4.69, 9.17) is 9.97 Å². The van der Waals surface area contributed by atoms with Gasteiger partial charge >= 0.3 is 0 Å². The fourth-order valence-electron chi connectivity index (χ4n) is 14.4. The van der Waals surface area contributed by atoms with Crippen LogP contribution in [0.15, 0.2) is 72.5 Å². The molecule has 5 N–H and O–H groups in total. The Morgan fingerprint density at radius 3 is 2.18 bits per heavy atom. The summed E-state index contributed by atoms with van der Waals surface area (Å²) >= 11 is 1.57. The van der Waals surface area contributed by atoms with Crippen LogP contribution in [-0.4, -0.2) is 144 Å². The molecule has 3 aromatic carbocycles. The van der Waals surface area contributed by atoms with Gasteiger partial charge in [0.05, 0.1) is 56.9 Å². The predicted molar refractivity (Wildman–Crippen MR) is 357 cm³/mol. The number of piperidine rings is 2. The highest BCUT2D eigenvalue weighted by Crippen LogP contribution is 2.52. The molecule has 1 aliphatic carbocycles. The third kappa shape index (κ3) is 13.6. The SMILES string of the molecule is Cc1cc(F)c(Nc2nc(-c3ccc4c(c3)N([C@H]3C[C@@H](N5CCCCC5)C3)C(=O)C43CCN(C(=O)CCCCCC(=O)N[C@H](C(=O)N4C[C@H](O)C[C@H]4C(=O)N[C@@H](C)c4ccc(-c5scnc5C)cc4)C(C)(C)C)CC3)cc3ncn(C(C)C)c23)cc1C(=O)NC(C)C. The number of benzene rings is 3. The number of nitrogens with one attached hydrogen (secondary N) is 4. The number of fused-ring (bicyclic) bond motifs is 3. The first-order valence-electron chi connectivity index (χ1n) is 33.2. The first kappa shape index (κ1) is 65.9. The number of thiazole rings is 1. The number of carbonyl (C=O) groups is 6. The fraction of sp³-hybridized carbons (Fsp3) is 0.535. The van der Waals surface area contributed by atoms with Crippen LogP contribution in [0, 0.1) is 25.1 Å². The number of aryl methyl sites for hydroxylation is 2. The molecule has 3 saturated heterocycles. The van der Waals surface area contributed by atoms with Crippen LogP contribution < -0.4 is 26.2 Å². The lowest BCUT2D eigenvalue weighted by Gasteiger charge is -2.48. The summed E-state index contributed by atoms with van der Waals surface area (Å²) in [6.45, 7) is 22.0. The van der Waals surface area contributed by atoms with Crippen LogP contribution in [0.4, 0.5) is 21.6 Å². The average Bonchev–Trinajstić information content (AvgIpc) is 1.55. The minimum atomic E-state index is -0.957. The quantitative estimate of drug-likeness (QED) is 0.0450. The third-order valence-corrected chi connectivity index (χ3v) is 20.7. The van der Waals surface area contributed by atoms with Gasteiger partial charge in [0, 0.05) is 79.9 Å². The number of aromatic nitrogens is 4. The molecule has 1 saturated carbocycles. The van der Waals surface area contributed by atoms with Crippen molar-refractivity contribution in [2.45, 2.75) is 207 Å². The summed E-state index contributed by atoms with van der Waals surface area (Å²) in [4.78, 5) is 108. The van der Waals surface area contributed by atoms with E-state index in [1.807, 2.05) is 114 Å². The van der Waals surface area contributed by atoms with Gasteiger partial charge < -0.3 is 50.5 Å². The number of carbonyl (C=O) groups excluding carboxylic acids is 6. The Labute approximate surface area is 543 Å². The third-order valence-electron chi connectivity index (χ3n) is 19.7. The van der Waals surface area contributed by atoms with E-state index in [1.54, 1.807) is 24.6 Å². The molecule has 5 aliphatic rings. The molecule has 3 aromatic heterocycles. The lowest BCUT2D eigenvalue weighted by Crippen LogP contribution is -2.58. The van der Waals surface area contributed by atoms with Crippen molar-refractivity contribution in [2.24, 2.45) is 5.41 Å². The Balaban J connectivity index is 0.729. The minimum absolute atomic E-state index is 0.000854. The van der Waals surface area contributed by atoms with Crippen molar-refractivity contribution >= 4 is 75.0 Å². The second-order valence-corrected chi connectivity index (χ2v) is 28.9. The second-order valence-electron chi connectivity index (χ2n) is 28.1. The number of hydrogen-bond acceptors (Lipinski definition) is 13. The number of nitrogens with zero attached hydrogens (tertiary/aromatic N) is 8. The monoisotopic (exact) mass is 1270 g/mol. The zero-order chi connectivity index (χ0) is 65.5. The summed E-state index contributed by atoms with van der Waals surface area (Å²) in [5.41, 5.74) is 8.64. The molecule has 4 atom stereocenters. The van der Waals surface area contributed by atoms with Crippen LogP contribution in [0.2, 0.25) is 0 Å². The molecule has 4 aliphatic heterocycles. The standard InChI is InChI=1S/C71H91FN12O7S/c1-41(2)75-66(88)52-36-56(54(72)31-43(52)5)78-65-62-57(73-39-83(62)42(3)4)37-55(77-65)48-23-24-53-58(32-48)84(50-33-49(34-50)80-27-15-12-16-28-80)69(91)71(53)25-29-81(30-26-71)61(87)18-14-11-13-17-60(86)79-64(70(8,9)10)68(90)82-38-51(85)35-59(82)67(89)76-44(6)46-19-21-47(22-20-46)63-45(7)74-40-92-63/h19-24,31-32,36-37,39-42,44,49-51,59,64,85H,11-18,25-30,33-35,38H2,1-10H3,(H,75,88)(H,76,89)(H,77,78)(H,79,86)/t44-,49-,50+,51+,59-,64+/m0/s1. The molecule has 490 valence electrons. The molecular weight excluding hydrogens is 1180 g/mol. The van der Waals surface area contributed by atoms with Gasteiger partial charge in [0.15, 0.2) is 5.82 Å². The number of β-amino-alcohol motifs (C(OH)–C–C–N with tert-alkyl or cyclic N) is 1. The number of likely N-dealkylation sites (tertiary alicyclic amines) is 3. The second kappa shape index (κ2) is 27.1. The lowest BCUT2D eigenvalue weighted by molar-refractivity contribution is -0.144. The molecule has 11 rings (SSSR count). The zero-order valence-electron chi connectivity index (χ0n) is 55.0. The summed E-state index contributed by atoms with van der Waals surface area (Å²) in [5.74, 6) is -1.47. The normalized spacial score (nSPS) is 20.6. The fourth-order valence-corrected chi connectivity index (χ4v) is 15.2. The van der Waals surface area contributed by atoms with Crippen molar-refractivity contribution in [1.29, 1.82) is 0 Å². The zero-order valence-corrected chi connectivity index (χ0v) is 55.9. The highest BCUT2D eigenvalue weighted by atomic mass is 32.1. The van der Waals surface area contributed by atoms with E-state index in [0.717, 1.165) is 64.4 Å². The molecule has 7 heterocycles. The topological polar surface area (TPSA) is 227 Å². The van der Waals surface area contributed by atoms with Gasteiger partial charge in [0.2, 0.25) is 29.5 Å². The summed E-state index contributed by atoms with van der Waals surface area (Å²) < 4.78 is 18.0. The highest BCUT2D eigenvalue weighted by molar-refractivity contribution is 7.13. The summed E-state index contributed by atoms with van der Waals surface area (Å²) in [7, 11) is 0. The summed E-state index contributed by atoms with van der Waals surface area (Å²) in [6.07, 6.45) is 9.39.